The molecule has 0 bridgehead atoms. The highest BCUT2D eigenvalue weighted by Gasteiger charge is 2.30. The Hall–Kier alpha value is -3.14. The maximum Gasteiger partial charge on any atom is 0.253 e. The maximum atomic E-state index is 13.1. The summed E-state index contributed by atoms with van der Waals surface area (Å²) in [4.78, 5) is 29.7. The molecule has 160 valence electrons. The Morgan fingerprint density at radius 1 is 1.00 bits per heavy atom. The highest BCUT2D eigenvalue weighted by molar-refractivity contribution is 5.94. The molecule has 1 unspecified atom stereocenters. The molecule has 0 aromatic heterocycles. The highest BCUT2D eigenvalue weighted by atomic mass is 16.2. The van der Waals surface area contributed by atoms with Crippen molar-refractivity contribution in [2.75, 3.05) is 26.7 Å². The minimum Gasteiger partial charge on any atom is -0.345 e. The van der Waals surface area contributed by atoms with Gasteiger partial charge in [0.15, 0.2) is 0 Å². The number of aryl methyl sites for hydroxylation is 1. The van der Waals surface area contributed by atoms with Crippen LogP contribution in [0.3, 0.4) is 0 Å². The molecular formula is C27H30N2O2. The Morgan fingerprint density at radius 2 is 1.74 bits per heavy atom. The lowest BCUT2D eigenvalue weighted by atomic mass is 9.95. The van der Waals surface area contributed by atoms with Crippen LogP contribution in [0.25, 0.3) is 10.8 Å². The Kier molecular flexibility index (Phi) is 6.36. The van der Waals surface area contributed by atoms with Crippen LogP contribution < -0.4 is 0 Å². The van der Waals surface area contributed by atoms with E-state index >= 15 is 0 Å². The van der Waals surface area contributed by atoms with E-state index in [0.29, 0.717) is 18.7 Å². The van der Waals surface area contributed by atoms with Gasteiger partial charge in [-0.3, -0.25) is 9.59 Å². The summed E-state index contributed by atoms with van der Waals surface area (Å²) in [6, 6.07) is 22.4. The van der Waals surface area contributed by atoms with Crippen LogP contribution in [0, 0.1) is 12.8 Å². The van der Waals surface area contributed by atoms with Crippen molar-refractivity contribution in [1.82, 2.24) is 9.80 Å². The van der Waals surface area contributed by atoms with Crippen molar-refractivity contribution in [1.29, 1.82) is 0 Å². The van der Waals surface area contributed by atoms with Crippen molar-refractivity contribution in [3.63, 3.8) is 0 Å². The Morgan fingerprint density at radius 3 is 2.55 bits per heavy atom. The average Bonchev–Trinajstić information content (AvgIpc) is 2.82. The van der Waals surface area contributed by atoms with Crippen LogP contribution >= 0.6 is 0 Å². The van der Waals surface area contributed by atoms with Gasteiger partial charge in [0.1, 0.15) is 0 Å². The monoisotopic (exact) mass is 414 g/mol. The predicted molar refractivity (Wildman–Crippen MR) is 125 cm³/mol. The van der Waals surface area contributed by atoms with Gasteiger partial charge < -0.3 is 9.80 Å². The normalized spacial score (nSPS) is 16.3. The van der Waals surface area contributed by atoms with E-state index < -0.39 is 0 Å². The first-order chi connectivity index (χ1) is 15.0. The third-order valence-corrected chi connectivity index (χ3v) is 6.33. The molecule has 2 amide bonds. The number of fused-ring (bicyclic) bond motifs is 1. The van der Waals surface area contributed by atoms with Gasteiger partial charge >= 0.3 is 0 Å². The number of rotatable bonds is 5. The molecule has 3 aromatic rings. The van der Waals surface area contributed by atoms with Gasteiger partial charge in [0.2, 0.25) is 5.91 Å². The third kappa shape index (κ3) is 4.79. The number of likely N-dealkylation sites (N-methyl/N-ethyl adjacent to an activating group) is 1. The molecule has 0 aliphatic carbocycles. The van der Waals surface area contributed by atoms with Crippen LogP contribution in [0.15, 0.2) is 66.7 Å². The maximum absolute atomic E-state index is 13.1. The molecule has 4 rings (SSSR count). The molecular weight excluding hydrogens is 384 g/mol. The van der Waals surface area contributed by atoms with Crippen molar-refractivity contribution < 1.29 is 9.59 Å². The van der Waals surface area contributed by atoms with Crippen molar-refractivity contribution in [3.05, 3.63) is 83.4 Å². The minimum atomic E-state index is -0.124. The largest absolute Gasteiger partial charge is 0.345 e. The molecule has 0 radical (unpaired) electrons. The highest BCUT2D eigenvalue weighted by Crippen LogP contribution is 2.22. The lowest BCUT2D eigenvalue weighted by Crippen LogP contribution is -2.46. The lowest BCUT2D eigenvalue weighted by Gasteiger charge is -2.34. The van der Waals surface area contributed by atoms with Crippen LogP contribution in [0.2, 0.25) is 0 Å². The van der Waals surface area contributed by atoms with Crippen LogP contribution in [0.1, 0.15) is 34.3 Å². The van der Waals surface area contributed by atoms with Gasteiger partial charge in [-0.05, 0) is 54.7 Å². The van der Waals surface area contributed by atoms with E-state index in [-0.39, 0.29) is 17.7 Å². The molecule has 1 fully saturated rings. The summed E-state index contributed by atoms with van der Waals surface area (Å²) in [7, 11) is 1.88. The van der Waals surface area contributed by atoms with Crippen molar-refractivity contribution in [2.45, 2.75) is 26.2 Å². The second kappa shape index (κ2) is 9.34. The molecule has 1 atom stereocenters. The summed E-state index contributed by atoms with van der Waals surface area (Å²) < 4.78 is 0. The molecule has 3 aromatic carbocycles. The molecule has 0 saturated carbocycles. The van der Waals surface area contributed by atoms with Gasteiger partial charge in [0, 0.05) is 32.2 Å². The number of hydrogen-bond donors (Lipinski definition) is 0. The first kappa shape index (κ1) is 21.1. The van der Waals surface area contributed by atoms with E-state index in [0.717, 1.165) is 31.4 Å². The van der Waals surface area contributed by atoms with Crippen molar-refractivity contribution in [3.8, 4) is 0 Å². The number of hydrogen-bond acceptors (Lipinski definition) is 2. The number of carbonyl (C=O) groups is 2. The molecule has 1 aliphatic rings. The second-order valence-electron chi connectivity index (χ2n) is 8.60. The van der Waals surface area contributed by atoms with Gasteiger partial charge in [-0.2, -0.15) is 0 Å². The standard InChI is InChI=1S/C27H30N2O2/c1-20-12-14-23(15-13-20)27(31)29-17-6-10-24(19-29)26(30)28(2)18-16-22-9-5-8-21-7-3-4-11-25(21)22/h3-5,7-9,11-15,24H,6,10,16-19H2,1-2H3. The number of carbonyl (C=O) groups excluding carboxylic acids is 2. The topological polar surface area (TPSA) is 40.6 Å². The first-order valence-corrected chi connectivity index (χ1v) is 11.1. The number of piperidine rings is 1. The Labute approximate surface area is 184 Å². The fourth-order valence-electron chi connectivity index (χ4n) is 4.46. The predicted octanol–water partition coefficient (Wildman–Crippen LogP) is 4.70. The number of amides is 2. The molecule has 4 nitrogen and oxygen atoms in total. The number of nitrogens with zero attached hydrogens (tertiary/aromatic N) is 2. The average molecular weight is 415 g/mol. The van der Waals surface area contributed by atoms with Gasteiger partial charge in [0.05, 0.1) is 5.92 Å². The SMILES string of the molecule is Cc1ccc(C(=O)N2CCCC(C(=O)N(C)CCc3cccc4ccccc34)C2)cc1. The summed E-state index contributed by atoms with van der Waals surface area (Å²) >= 11 is 0. The number of likely N-dealkylation sites (tertiary alicyclic amines) is 1. The van der Waals surface area contributed by atoms with Gasteiger partial charge in [-0.1, -0.05) is 60.2 Å². The summed E-state index contributed by atoms with van der Waals surface area (Å²) in [5.74, 6) is 0.0400. The van der Waals surface area contributed by atoms with Crippen LogP contribution in [0.5, 0.6) is 0 Å². The number of benzene rings is 3. The quantitative estimate of drug-likeness (QED) is 0.607. The van der Waals surface area contributed by atoms with Crippen molar-refractivity contribution >= 4 is 22.6 Å². The van der Waals surface area contributed by atoms with E-state index in [1.807, 2.05) is 48.0 Å². The minimum absolute atomic E-state index is 0.0240. The smallest absolute Gasteiger partial charge is 0.253 e. The molecule has 4 heteroatoms. The van der Waals surface area contributed by atoms with Crippen LogP contribution in [0.4, 0.5) is 0 Å². The summed E-state index contributed by atoms with van der Waals surface area (Å²) in [6.45, 7) is 3.91. The molecule has 0 spiro atoms. The summed E-state index contributed by atoms with van der Waals surface area (Å²) in [5.41, 5.74) is 3.09. The zero-order valence-electron chi connectivity index (χ0n) is 18.4. The fourth-order valence-corrected chi connectivity index (χ4v) is 4.46. The zero-order valence-corrected chi connectivity index (χ0v) is 18.4. The van der Waals surface area contributed by atoms with Crippen LogP contribution in [-0.2, 0) is 11.2 Å². The van der Waals surface area contributed by atoms with Crippen LogP contribution in [-0.4, -0.2) is 48.3 Å². The van der Waals surface area contributed by atoms with E-state index in [4.69, 9.17) is 0 Å². The second-order valence-corrected chi connectivity index (χ2v) is 8.60. The van der Waals surface area contributed by atoms with E-state index in [9.17, 15) is 9.59 Å². The van der Waals surface area contributed by atoms with E-state index in [1.165, 1.54) is 16.3 Å². The molecule has 31 heavy (non-hydrogen) atoms. The molecule has 1 heterocycles. The van der Waals surface area contributed by atoms with Crippen molar-refractivity contribution in [2.24, 2.45) is 5.92 Å². The lowest BCUT2D eigenvalue weighted by molar-refractivity contribution is -0.135. The van der Waals surface area contributed by atoms with E-state index in [1.54, 1.807) is 0 Å². The zero-order chi connectivity index (χ0) is 21.8. The third-order valence-electron chi connectivity index (χ3n) is 6.33. The summed E-state index contributed by atoms with van der Waals surface area (Å²) in [6.07, 6.45) is 2.53. The molecule has 0 N–H and O–H groups in total. The van der Waals surface area contributed by atoms with Gasteiger partial charge in [-0.15, -0.1) is 0 Å². The fraction of sp³-hybridized carbons (Fsp3) is 0.333. The molecule has 1 aliphatic heterocycles. The Balaban J connectivity index is 1.38. The Bertz CT molecular complexity index is 1070. The van der Waals surface area contributed by atoms with Gasteiger partial charge in [0.25, 0.3) is 5.91 Å². The van der Waals surface area contributed by atoms with E-state index in [2.05, 4.69) is 42.5 Å². The van der Waals surface area contributed by atoms with Gasteiger partial charge in [-0.25, -0.2) is 0 Å². The molecule has 1 saturated heterocycles. The summed E-state index contributed by atoms with van der Waals surface area (Å²) in [5, 5.41) is 2.48. The first-order valence-electron chi connectivity index (χ1n) is 11.1.